The number of fused-ring (bicyclic) bond motifs is 1. The summed E-state index contributed by atoms with van der Waals surface area (Å²) in [6, 6.07) is 4.49. The summed E-state index contributed by atoms with van der Waals surface area (Å²) in [4.78, 5) is 17.9. The van der Waals surface area contributed by atoms with E-state index >= 15 is 0 Å². The van der Waals surface area contributed by atoms with Crippen molar-refractivity contribution in [3.63, 3.8) is 0 Å². The van der Waals surface area contributed by atoms with E-state index in [2.05, 4.69) is 39.5 Å². The van der Waals surface area contributed by atoms with Crippen LogP contribution in [-0.2, 0) is 11.2 Å². The van der Waals surface area contributed by atoms with Gasteiger partial charge < -0.3 is 20.9 Å². The number of H-pyrrole nitrogens is 1. The number of benzene rings is 1. The highest BCUT2D eigenvalue weighted by Gasteiger charge is 2.43. The van der Waals surface area contributed by atoms with Crippen molar-refractivity contribution in [3.8, 4) is 0 Å². The van der Waals surface area contributed by atoms with E-state index in [4.69, 9.17) is 5.73 Å². The zero-order chi connectivity index (χ0) is 21.4. The van der Waals surface area contributed by atoms with Gasteiger partial charge in [-0.2, -0.15) is 5.10 Å². The minimum Gasteiger partial charge on any atom is -0.341 e. The number of rotatable bonds is 4. The van der Waals surface area contributed by atoms with Crippen LogP contribution >= 0.6 is 0 Å². The lowest BCUT2D eigenvalue weighted by Crippen LogP contribution is -2.50. The van der Waals surface area contributed by atoms with Gasteiger partial charge in [-0.3, -0.25) is 9.89 Å². The molecular formula is C24H36N6O. The molecule has 3 saturated heterocycles. The number of aromatic nitrogens is 2. The number of likely N-dealkylation sites (tertiary alicyclic amines) is 2. The van der Waals surface area contributed by atoms with E-state index in [0.717, 1.165) is 60.7 Å². The van der Waals surface area contributed by atoms with Crippen molar-refractivity contribution < 1.29 is 4.79 Å². The molecule has 1 aromatic carbocycles. The molecule has 3 aliphatic rings. The normalized spacial score (nSPS) is 23.6. The molecule has 1 amide bonds. The summed E-state index contributed by atoms with van der Waals surface area (Å²) >= 11 is 0. The van der Waals surface area contributed by atoms with Crippen molar-refractivity contribution in [2.24, 2.45) is 11.1 Å². The van der Waals surface area contributed by atoms with Crippen LogP contribution in [0.25, 0.3) is 10.9 Å². The number of hydrogen-bond donors (Lipinski definition) is 3. The van der Waals surface area contributed by atoms with Crippen LogP contribution in [0.3, 0.4) is 0 Å². The molecule has 7 nitrogen and oxygen atoms in total. The molecule has 4 N–H and O–H groups in total. The molecule has 5 rings (SSSR count). The first-order valence-electron chi connectivity index (χ1n) is 11.9. The standard InChI is InChI=1S/C24H36N6O/c1-17-12-18(13-19-15-27-28-22(17)19)14-21(25)23(31)30-11-6-24(16-30)4-9-29(10-5-24)20-2-7-26-8-3-20/h12-13,15,20-21,26H,2-11,14,16,25H2,1H3,(H,27,28). The molecule has 168 valence electrons. The lowest BCUT2D eigenvalue weighted by Gasteiger charge is -2.43. The third kappa shape index (κ3) is 4.23. The van der Waals surface area contributed by atoms with Gasteiger partial charge in [0.05, 0.1) is 17.8 Å². The van der Waals surface area contributed by atoms with E-state index in [9.17, 15) is 4.79 Å². The van der Waals surface area contributed by atoms with Crippen molar-refractivity contribution in [1.82, 2.24) is 25.3 Å². The Morgan fingerprint density at radius 1 is 1.23 bits per heavy atom. The van der Waals surface area contributed by atoms with E-state index in [1.54, 1.807) is 0 Å². The number of nitrogens with two attached hydrogens (primary N) is 1. The molecule has 3 fully saturated rings. The zero-order valence-corrected chi connectivity index (χ0v) is 18.7. The van der Waals surface area contributed by atoms with Crippen LogP contribution in [0.2, 0.25) is 0 Å². The van der Waals surface area contributed by atoms with Crippen molar-refractivity contribution in [3.05, 3.63) is 29.5 Å². The highest BCUT2D eigenvalue weighted by Crippen LogP contribution is 2.41. The Morgan fingerprint density at radius 2 is 1.97 bits per heavy atom. The Labute approximate surface area is 184 Å². The third-order valence-electron chi connectivity index (χ3n) is 8.01. The summed E-state index contributed by atoms with van der Waals surface area (Å²) in [5.41, 5.74) is 10.0. The van der Waals surface area contributed by atoms with Crippen LogP contribution in [0.1, 0.15) is 43.2 Å². The average molecular weight is 425 g/mol. The van der Waals surface area contributed by atoms with Gasteiger partial charge in [0, 0.05) is 24.5 Å². The summed E-state index contributed by atoms with van der Waals surface area (Å²) in [6.07, 6.45) is 8.52. The second-order valence-corrected chi connectivity index (χ2v) is 10.1. The summed E-state index contributed by atoms with van der Waals surface area (Å²) in [7, 11) is 0. The SMILES string of the molecule is Cc1cc(CC(N)C(=O)N2CCC3(CCN(C4CCNCC4)CC3)C2)cc2cn[nH]c12. The number of aryl methyl sites for hydroxylation is 1. The first-order chi connectivity index (χ1) is 15.0. The molecule has 3 aliphatic heterocycles. The van der Waals surface area contributed by atoms with Crippen LogP contribution in [0, 0.1) is 12.3 Å². The Bertz CT molecular complexity index is 925. The highest BCUT2D eigenvalue weighted by molar-refractivity contribution is 5.84. The molecule has 2 aromatic rings. The maximum absolute atomic E-state index is 13.2. The minimum absolute atomic E-state index is 0.114. The van der Waals surface area contributed by atoms with E-state index in [0.29, 0.717) is 11.8 Å². The maximum atomic E-state index is 13.2. The topological polar surface area (TPSA) is 90.3 Å². The third-order valence-corrected chi connectivity index (χ3v) is 8.01. The van der Waals surface area contributed by atoms with Crippen LogP contribution in [0.5, 0.6) is 0 Å². The molecule has 0 radical (unpaired) electrons. The van der Waals surface area contributed by atoms with E-state index in [1.165, 1.54) is 38.8 Å². The first-order valence-corrected chi connectivity index (χ1v) is 11.9. The Hall–Kier alpha value is -1.96. The second-order valence-electron chi connectivity index (χ2n) is 10.1. The van der Waals surface area contributed by atoms with Gasteiger partial charge >= 0.3 is 0 Å². The number of hydrogen-bond acceptors (Lipinski definition) is 5. The number of amides is 1. The van der Waals surface area contributed by atoms with Gasteiger partial charge in [0.15, 0.2) is 0 Å². The smallest absolute Gasteiger partial charge is 0.239 e. The highest BCUT2D eigenvalue weighted by atomic mass is 16.2. The van der Waals surface area contributed by atoms with E-state index in [-0.39, 0.29) is 5.91 Å². The van der Waals surface area contributed by atoms with Gasteiger partial charge in [-0.1, -0.05) is 6.07 Å². The lowest BCUT2D eigenvalue weighted by atomic mass is 9.77. The molecule has 1 spiro atoms. The predicted molar refractivity (Wildman–Crippen MR) is 123 cm³/mol. The van der Waals surface area contributed by atoms with Crippen molar-refractivity contribution in [2.75, 3.05) is 39.3 Å². The lowest BCUT2D eigenvalue weighted by molar-refractivity contribution is -0.132. The van der Waals surface area contributed by atoms with Gasteiger partial charge in [0.1, 0.15) is 0 Å². The van der Waals surface area contributed by atoms with Crippen molar-refractivity contribution in [1.29, 1.82) is 0 Å². The summed E-state index contributed by atoms with van der Waals surface area (Å²) in [5, 5.41) is 11.7. The van der Waals surface area contributed by atoms with Crippen molar-refractivity contribution >= 4 is 16.8 Å². The fraction of sp³-hybridized carbons (Fsp3) is 0.667. The van der Waals surface area contributed by atoms with Crippen LogP contribution in [0.15, 0.2) is 18.3 Å². The molecule has 0 aliphatic carbocycles. The fourth-order valence-electron chi connectivity index (χ4n) is 6.07. The maximum Gasteiger partial charge on any atom is 0.239 e. The molecule has 0 bridgehead atoms. The van der Waals surface area contributed by atoms with Gasteiger partial charge in [0.25, 0.3) is 0 Å². The average Bonchev–Trinajstić information content (AvgIpc) is 3.42. The van der Waals surface area contributed by atoms with Crippen LogP contribution < -0.4 is 11.1 Å². The summed E-state index contributed by atoms with van der Waals surface area (Å²) in [5.74, 6) is 0.114. The van der Waals surface area contributed by atoms with E-state index in [1.807, 2.05) is 11.1 Å². The molecule has 1 unspecified atom stereocenters. The first kappa shape index (κ1) is 20.9. The second kappa shape index (κ2) is 8.52. The largest absolute Gasteiger partial charge is 0.341 e. The minimum atomic E-state index is -0.478. The van der Waals surface area contributed by atoms with Gasteiger partial charge in [-0.05, 0) is 94.2 Å². The number of nitrogens with one attached hydrogen (secondary N) is 2. The quantitative estimate of drug-likeness (QED) is 0.696. The van der Waals surface area contributed by atoms with E-state index < -0.39 is 6.04 Å². The molecule has 4 heterocycles. The molecule has 7 heteroatoms. The monoisotopic (exact) mass is 424 g/mol. The number of aromatic amines is 1. The van der Waals surface area contributed by atoms with Crippen LogP contribution in [0.4, 0.5) is 0 Å². The number of carbonyl (C=O) groups excluding carboxylic acids is 1. The predicted octanol–water partition coefficient (Wildman–Crippen LogP) is 1.81. The van der Waals surface area contributed by atoms with Gasteiger partial charge in [-0.25, -0.2) is 0 Å². The number of nitrogens with zero attached hydrogens (tertiary/aromatic N) is 3. The van der Waals surface area contributed by atoms with Crippen molar-refractivity contribution in [2.45, 2.75) is 57.5 Å². The Kier molecular flexibility index (Phi) is 5.75. The van der Waals surface area contributed by atoms with Gasteiger partial charge in [-0.15, -0.1) is 0 Å². The molecule has 1 atom stereocenters. The molecule has 1 aromatic heterocycles. The molecular weight excluding hydrogens is 388 g/mol. The Balaban J connectivity index is 1.17. The summed E-state index contributed by atoms with van der Waals surface area (Å²) < 4.78 is 0. The molecule has 31 heavy (non-hydrogen) atoms. The zero-order valence-electron chi connectivity index (χ0n) is 18.7. The van der Waals surface area contributed by atoms with Gasteiger partial charge in [0.2, 0.25) is 5.91 Å². The summed E-state index contributed by atoms with van der Waals surface area (Å²) in [6.45, 7) is 8.49. The number of carbonyl (C=O) groups is 1. The molecule has 0 saturated carbocycles. The fourth-order valence-corrected chi connectivity index (χ4v) is 6.07. The van der Waals surface area contributed by atoms with Crippen LogP contribution in [-0.4, -0.2) is 77.3 Å². The number of piperidine rings is 2. The Morgan fingerprint density at radius 3 is 2.74 bits per heavy atom.